The van der Waals surface area contributed by atoms with Crippen molar-refractivity contribution in [1.29, 1.82) is 0 Å². The van der Waals surface area contributed by atoms with Crippen LogP contribution < -0.4 is 5.32 Å². The van der Waals surface area contributed by atoms with E-state index in [9.17, 15) is 14.7 Å². The van der Waals surface area contributed by atoms with Gasteiger partial charge in [0.2, 0.25) is 5.91 Å². The summed E-state index contributed by atoms with van der Waals surface area (Å²) in [5, 5.41) is 20.1. The van der Waals surface area contributed by atoms with Gasteiger partial charge in [-0.3, -0.25) is 4.79 Å². The van der Waals surface area contributed by atoms with Crippen molar-refractivity contribution in [3.05, 3.63) is 6.33 Å². The second-order valence-corrected chi connectivity index (χ2v) is 7.05. The van der Waals surface area contributed by atoms with Crippen molar-refractivity contribution >= 4 is 23.6 Å². The molecule has 0 saturated carbocycles. The van der Waals surface area contributed by atoms with Gasteiger partial charge in [0, 0.05) is 6.04 Å². The number of carbonyl (C=O) groups is 2. The van der Waals surface area contributed by atoms with Crippen LogP contribution in [-0.2, 0) is 9.59 Å². The van der Waals surface area contributed by atoms with Crippen molar-refractivity contribution in [2.24, 2.45) is 5.41 Å². The Hall–Kier alpha value is -1.57. The number of carbonyl (C=O) groups excluding carboxylic acids is 1. The minimum Gasteiger partial charge on any atom is -0.480 e. The molecule has 0 aromatic carbocycles. The lowest BCUT2D eigenvalue weighted by Gasteiger charge is -2.27. The maximum Gasteiger partial charge on any atom is 0.326 e. The number of aromatic nitrogens is 3. The molecule has 1 atom stereocenters. The average Bonchev–Trinajstić information content (AvgIpc) is 2.80. The average molecular weight is 314 g/mol. The second-order valence-electron chi connectivity index (χ2n) is 6.11. The molecule has 0 bridgehead atoms. The number of nitrogens with zero attached hydrogens (tertiary/aromatic N) is 3. The van der Waals surface area contributed by atoms with Crippen LogP contribution in [0, 0.1) is 5.41 Å². The molecule has 0 unspecified atom stereocenters. The van der Waals surface area contributed by atoms with E-state index in [-0.39, 0.29) is 17.7 Å². The number of hydrogen-bond acceptors (Lipinski definition) is 5. The van der Waals surface area contributed by atoms with E-state index in [0.29, 0.717) is 5.16 Å². The lowest BCUT2D eigenvalue weighted by molar-refractivity contribution is -0.144. The Balaban J connectivity index is 2.61. The van der Waals surface area contributed by atoms with E-state index in [2.05, 4.69) is 15.5 Å². The van der Waals surface area contributed by atoms with Gasteiger partial charge in [-0.05, 0) is 19.3 Å². The topological polar surface area (TPSA) is 97.1 Å². The van der Waals surface area contributed by atoms with Gasteiger partial charge in [-0.2, -0.15) is 0 Å². The highest BCUT2D eigenvalue weighted by Gasteiger charge is 2.32. The molecule has 0 fully saturated rings. The molecule has 1 aromatic heterocycles. The zero-order valence-corrected chi connectivity index (χ0v) is 13.8. The summed E-state index contributed by atoms with van der Waals surface area (Å²) in [6, 6.07) is -0.722. The van der Waals surface area contributed by atoms with Crippen LogP contribution in [0.5, 0.6) is 0 Å². The minimum atomic E-state index is -1.04. The lowest BCUT2D eigenvalue weighted by Crippen LogP contribution is -2.49. The molecule has 1 aromatic rings. The van der Waals surface area contributed by atoms with Crippen molar-refractivity contribution in [1.82, 2.24) is 20.1 Å². The summed E-state index contributed by atoms with van der Waals surface area (Å²) in [7, 11) is 0. The fraction of sp³-hybridized carbons (Fsp3) is 0.692. The molecule has 1 amide bonds. The molecular weight excluding hydrogens is 292 g/mol. The predicted molar refractivity (Wildman–Crippen MR) is 80.2 cm³/mol. The summed E-state index contributed by atoms with van der Waals surface area (Å²) in [5.74, 6) is -1.27. The number of carboxylic acids is 1. The number of aliphatic carboxylic acids is 1. The molecule has 0 radical (unpaired) electrons. The molecular formula is C13H22N4O3S. The summed E-state index contributed by atoms with van der Waals surface area (Å²) >= 11 is 1.24. The van der Waals surface area contributed by atoms with Crippen molar-refractivity contribution in [2.75, 3.05) is 5.75 Å². The zero-order valence-electron chi connectivity index (χ0n) is 13.0. The van der Waals surface area contributed by atoms with Crippen LogP contribution in [0.3, 0.4) is 0 Å². The molecule has 0 aliphatic carbocycles. The molecule has 21 heavy (non-hydrogen) atoms. The van der Waals surface area contributed by atoms with Gasteiger partial charge in [0.15, 0.2) is 5.16 Å². The summed E-state index contributed by atoms with van der Waals surface area (Å²) < 4.78 is 1.86. The highest BCUT2D eigenvalue weighted by atomic mass is 32.2. The van der Waals surface area contributed by atoms with Crippen molar-refractivity contribution < 1.29 is 14.7 Å². The molecule has 0 spiro atoms. The first-order valence-electron chi connectivity index (χ1n) is 6.67. The Morgan fingerprint density at radius 2 is 2.05 bits per heavy atom. The fourth-order valence-electron chi connectivity index (χ4n) is 1.67. The van der Waals surface area contributed by atoms with Crippen LogP contribution in [0.1, 0.15) is 40.7 Å². The highest BCUT2D eigenvalue weighted by Crippen LogP contribution is 2.21. The Labute approximate surface area is 128 Å². The van der Waals surface area contributed by atoms with Gasteiger partial charge < -0.3 is 15.0 Å². The number of hydrogen-bond donors (Lipinski definition) is 2. The normalized spacial score (nSPS) is 13.2. The van der Waals surface area contributed by atoms with Crippen LogP contribution in [0.15, 0.2) is 11.5 Å². The van der Waals surface area contributed by atoms with Gasteiger partial charge in [0.25, 0.3) is 0 Å². The Kier molecular flexibility index (Phi) is 5.77. The highest BCUT2D eigenvalue weighted by molar-refractivity contribution is 7.99. The molecule has 8 heteroatoms. The van der Waals surface area contributed by atoms with Gasteiger partial charge in [-0.15, -0.1) is 10.2 Å². The molecule has 7 nitrogen and oxygen atoms in total. The monoisotopic (exact) mass is 314 g/mol. The van der Waals surface area contributed by atoms with Crippen LogP contribution in [0.4, 0.5) is 0 Å². The zero-order chi connectivity index (χ0) is 16.2. The van der Waals surface area contributed by atoms with Crippen LogP contribution >= 0.6 is 11.8 Å². The van der Waals surface area contributed by atoms with Gasteiger partial charge in [-0.25, -0.2) is 4.79 Å². The molecule has 1 rings (SSSR count). The standard InChI is InChI=1S/C13H22N4O3S/c1-8(2)17-7-14-16-12(17)21-6-9(18)15-10(11(19)20)13(3,4)5/h7-8,10H,6H2,1-5H3,(H,15,18)(H,19,20)/t10-/m0/s1. The Morgan fingerprint density at radius 1 is 1.43 bits per heavy atom. The number of rotatable bonds is 6. The van der Waals surface area contributed by atoms with Gasteiger partial charge >= 0.3 is 5.97 Å². The van der Waals surface area contributed by atoms with E-state index in [4.69, 9.17) is 0 Å². The third-order valence-electron chi connectivity index (χ3n) is 2.85. The van der Waals surface area contributed by atoms with E-state index >= 15 is 0 Å². The van der Waals surface area contributed by atoms with E-state index in [0.717, 1.165) is 0 Å². The quantitative estimate of drug-likeness (QED) is 0.774. The summed E-state index contributed by atoms with van der Waals surface area (Å²) in [6.07, 6.45) is 1.61. The number of carboxylic acid groups (broad SMARTS) is 1. The number of nitrogens with one attached hydrogen (secondary N) is 1. The summed E-state index contributed by atoms with van der Waals surface area (Å²) in [6.45, 7) is 9.30. The minimum absolute atomic E-state index is 0.102. The van der Waals surface area contributed by atoms with E-state index in [1.165, 1.54) is 11.8 Å². The SMILES string of the molecule is CC(C)n1cnnc1SCC(=O)N[C@@H](C(=O)O)C(C)(C)C. The predicted octanol–water partition coefficient (Wildman–Crippen LogP) is 1.57. The molecule has 0 aliphatic rings. The smallest absolute Gasteiger partial charge is 0.326 e. The first kappa shape index (κ1) is 17.5. The lowest BCUT2D eigenvalue weighted by atomic mass is 9.87. The first-order chi connectivity index (χ1) is 9.62. The molecule has 118 valence electrons. The third-order valence-corrected chi connectivity index (χ3v) is 3.80. The number of amides is 1. The fourth-order valence-corrected chi connectivity index (χ4v) is 2.53. The van der Waals surface area contributed by atoms with E-state index in [1.54, 1.807) is 27.1 Å². The Morgan fingerprint density at radius 3 is 2.52 bits per heavy atom. The van der Waals surface area contributed by atoms with Crippen molar-refractivity contribution in [3.8, 4) is 0 Å². The van der Waals surface area contributed by atoms with Crippen LogP contribution in [-0.4, -0.2) is 43.5 Å². The maximum absolute atomic E-state index is 11.9. The largest absolute Gasteiger partial charge is 0.480 e. The molecule has 0 aliphatic heterocycles. The second kappa shape index (κ2) is 6.93. The van der Waals surface area contributed by atoms with Gasteiger partial charge in [-0.1, -0.05) is 32.5 Å². The van der Waals surface area contributed by atoms with E-state index in [1.807, 2.05) is 18.4 Å². The van der Waals surface area contributed by atoms with Crippen LogP contribution in [0.2, 0.25) is 0 Å². The van der Waals surface area contributed by atoms with Crippen LogP contribution in [0.25, 0.3) is 0 Å². The van der Waals surface area contributed by atoms with Gasteiger partial charge in [0.1, 0.15) is 12.4 Å². The molecule has 2 N–H and O–H groups in total. The summed E-state index contributed by atoms with van der Waals surface area (Å²) in [5.41, 5.74) is -0.551. The molecule has 0 saturated heterocycles. The third kappa shape index (κ3) is 5.04. The maximum atomic E-state index is 11.9. The first-order valence-corrected chi connectivity index (χ1v) is 7.66. The Bertz CT molecular complexity index is 508. The number of thioether (sulfide) groups is 1. The summed E-state index contributed by atoms with van der Waals surface area (Å²) in [4.78, 5) is 23.1. The van der Waals surface area contributed by atoms with Crippen molar-refractivity contribution in [3.63, 3.8) is 0 Å². The van der Waals surface area contributed by atoms with Gasteiger partial charge in [0.05, 0.1) is 5.75 Å². The molecule has 1 heterocycles. The van der Waals surface area contributed by atoms with E-state index < -0.39 is 17.4 Å². The van der Waals surface area contributed by atoms with Crippen molar-refractivity contribution in [2.45, 2.75) is 51.9 Å².